The summed E-state index contributed by atoms with van der Waals surface area (Å²) in [5.74, 6) is -2.77. The van der Waals surface area contributed by atoms with E-state index in [4.69, 9.17) is 10.2 Å². The molecule has 0 aromatic carbocycles. The molecular weight excluding hydrogens is 318 g/mol. The minimum absolute atomic E-state index is 0.188. The van der Waals surface area contributed by atoms with Crippen LogP contribution in [0.3, 0.4) is 0 Å². The highest BCUT2D eigenvalue weighted by Crippen LogP contribution is 2.40. The first-order chi connectivity index (χ1) is 11.3. The topological polar surface area (TPSA) is 136 Å². The number of hydrogen-bond acceptors (Lipinski definition) is 4. The Morgan fingerprint density at radius 1 is 1.29 bits per heavy atom. The molecule has 1 saturated carbocycles. The largest absolute Gasteiger partial charge is 0.480 e. The van der Waals surface area contributed by atoms with Gasteiger partial charge in [0.25, 0.3) is 0 Å². The molecule has 2 rings (SSSR count). The normalized spacial score (nSPS) is 21.9. The van der Waals surface area contributed by atoms with Gasteiger partial charge < -0.3 is 20.8 Å². The number of carbonyl (C=O) groups excluding carboxylic acids is 2. The zero-order chi connectivity index (χ0) is 17.9. The number of urea groups is 1. The third kappa shape index (κ3) is 3.73. The van der Waals surface area contributed by atoms with Crippen molar-refractivity contribution in [2.24, 2.45) is 5.92 Å². The van der Waals surface area contributed by atoms with Gasteiger partial charge in [-0.15, -0.1) is 0 Å². The molecule has 0 spiro atoms. The molecule has 24 heavy (non-hydrogen) atoms. The molecule has 0 bridgehead atoms. The van der Waals surface area contributed by atoms with Crippen LogP contribution >= 0.6 is 0 Å². The maximum absolute atomic E-state index is 12.4. The van der Waals surface area contributed by atoms with E-state index in [1.54, 1.807) is 0 Å². The van der Waals surface area contributed by atoms with Crippen LogP contribution in [0.2, 0.25) is 0 Å². The van der Waals surface area contributed by atoms with E-state index >= 15 is 0 Å². The molecule has 0 aliphatic heterocycles. The Morgan fingerprint density at radius 2 is 2.00 bits per heavy atom. The van der Waals surface area contributed by atoms with Crippen LogP contribution in [0.5, 0.6) is 0 Å². The number of aliphatic carboxylic acids is 1. The van der Waals surface area contributed by atoms with Gasteiger partial charge >= 0.3 is 18.1 Å². The van der Waals surface area contributed by atoms with Gasteiger partial charge in [-0.2, -0.15) is 0 Å². The lowest BCUT2D eigenvalue weighted by atomic mass is 9.92. The predicted octanol–water partition coefficient (Wildman–Crippen LogP) is 0.542. The highest BCUT2D eigenvalue weighted by molar-refractivity contribution is 5.97. The van der Waals surface area contributed by atoms with E-state index in [-0.39, 0.29) is 12.1 Å². The smallest absolute Gasteiger partial charge is 0.414 e. The molecule has 0 aromatic heterocycles. The van der Waals surface area contributed by atoms with Crippen LogP contribution in [0.1, 0.15) is 19.3 Å². The van der Waals surface area contributed by atoms with Gasteiger partial charge in [0.15, 0.2) is 0 Å². The summed E-state index contributed by atoms with van der Waals surface area (Å²) < 4.78 is 0. The molecule has 0 saturated heterocycles. The molecule has 4 N–H and O–H groups in total. The Labute approximate surface area is 138 Å². The van der Waals surface area contributed by atoms with Crippen LogP contribution in [0.4, 0.5) is 9.59 Å². The number of carbonyl (C=O) groups is 4. The SMILES string of the molecule is CNC(=O)NC1C=C2CCC(C(=O)N(CC(=O)O)C(=O)O)C2=CC1. The molecule has 2 aliphatic rings. The molecule has 0 aromatic rings. The van der Waals surface area contributed by atoms with Crippen LogP contribution in [0.15, 0.2) is 23.3 Å². The summed E-state index contributed by atoms with van der Waals surface area (Å²) in [4.78, 5) is 46.0. The van der Waals surface area contributed by atoms with E-state index in [1.807, 2.05) is 12.2 Å². The molecule has 2 atom stereocenters. The first kappa shape index (κ1) is 17.5. The minimum atomic E-state index is -1.57. The van der Waals surface area contributed by atoms with Crippen LogP contribution in [0.25, 0.3) is 0 Å². The van der Waals surface area contributed by atoms with Crippen molar-refractivity contribution in [1.82, 2.24) is 15.5 Å². The molecular formula is C15H19N3O6. The Hall–Kier alpha value is -2.84. The van der Waals surface area contributed by atoms with Gasteiger partial charge in [0, 0.05) is 7.05 Å². The number of nitrogens with one attached hydrogen (secondary N) is 2. The maximum atomic E-state index is 12.4. The van der Waals surface area contributed by atoms with Gasteiger partial charge in [-0.05, 0) is 30.4 Å². The van der Waals surface area contributed by atoms with Gasteiger partial charge in [-0.1, -0.05) is 12.2 Å². The molecule has 130 valence electrons. The maximum Gasteiger partial charge on any atom is 0.414 e. The third-order valence-electron chi connectivity index (χ3n) is 4.07. The predicted molar refractivity (Wildman–Crippen MR) is 82.3 cm³/mol. The lowest BCUT2D eigenvalue weighted by molar-refractivity contribution is -0.144. The highest BCUT2D eigenvalue weighted by Gasteiger charge is 2.38. The van der Waals surface area contributed by atoms with Crippen LogP contribution in [-0.2, 0) is 9.59 Å². The van der Waals surface area contributed by atoms with Crippen molar-refractivity contribution in [3.8, 4) is 0 Å². The van der Waals surface area contributed by atoms with Gasteiger partial charge in [0.2, 0.25) is 5.91 Å². The second kappa shape index (κ2) is 7.16. The van der Waals surface area contributed by atoms with E-state index in [9.17, 15) is 19.2 Å². The molecule has 4 amide bonds. The second-order valence-corrected chi connectivity index (χ2v) is 5.61. The van der Waals surface area contributed by atoms with Crippen LogP contribution < -0.4 is 10.6 Å². The van der Waals surface area contributed by atoms with E-state index in [0.717, 1.165) is 11.1 Å². The number of imide groups is 1. The number of rotatable bonds is 4. The molecule has 1 fully saturated rings. The number of fused-ring (bicyclic) bond motifs is 1. The zero-order valence-corrected chi connectivity index (χ0v) is 13.1. The van der Waals surface area contributed by atoms with Crippen LogP contribution in [-0.4, -0.2) is 58.7 Å². The number of amides is 4. The Balaban J connectivity index is 2.11. The summed E-state index contributed by atoms with van der Waals surface area (Å²) >= 11 is 0. The van der Waals surface area contributed by atoms with Crippen molar-refractivity contribution >= 4 is 24.0 Å². The van der Waals surface area contributed by atoms with Crippen molar-refractivity contribution in [2.75, 3.05) is 13.6 Å². The Kier molecular flexibility index (Phi) is 5.22. The van der Waals surface area contributed by atoms with E-state index in [0.29, 0.717) is 24.2 Å². The zero-order valence-electron chi connectivity index (χ0n) is 13.1. The number of carboxylic acid groups (broad SMARTS) is 2. The van der Waals surface area contributed by atoms with Crippen molar-refractivity contribution < 1.29 is 29.4 Å². The van der Waals surface area contributed by atoms with Gasteiger partial charge in [0.05, 0.1) is 12.0 Å². The van der Waals surface area contributed by atoms with Crippen molar-refractivity contribution in [1.29, 1.82) is 0 Å². The van der Waals surface area contributed by atoms with E-state index in [1.165, 1.54) is 7.05 Å². The van der Waals surface area contributed by atoms with E-state index in [2.05, 4.69) is 10.6 Å². The van der Waals surface area contributed by atoms with Crippen LogP contribution in [0, 0.1) is 5.92 Å². The molecule has 2 unspecified atom stereocenters. The number of hydrogen-bond donors (Lipinski definition) is 4. The summed E-state index contributed by atoms with van der Waals surface area (Å²) in [6.07, 6.45) is 3.59. The monoisotopic (exact) mass is 337 g/mol. The minimum Gasteiger partial charge on any atom is -0.480 e. The molecule has 0 heterocycles. The Morgan fingerprint density at radius 3 is 2.58 bits per heavy atom. The van der Waals surface area contributed by atoms with Crippen molar-refractivity contribution in [3.05, 3.63) is 23.3 Å². The lowest BCUT2D eigenvalue weighted by Gasteiger charge is -2.23. The number of carboxylic acids is 1. The number of nitrogens with zero attached hydrogens (tertiary/aromatic N) is 1. The lowest BCUT2D eigenvalue weighted by Crippen LogP contribution is -2.43. The second-order valence-electron chi connectivity index (χ2n) is 5.61. The van der Waals surface area contributed by atoms with Gasteiger partial charge in [0.1, 0.15) is 6.54 Å². The van der Waals surface area contributed by atoms with Gasteiger partial charge in [-0.25, -0.2) is 14.5 Å². The summed E-state index contributed by atoms with van der Waals surface area (Å²) in [6, 6.07) is -0.495. The summed E-state index contributed by atoms with van der Waals surface area (Å²) in [6.45, 7) is -0.877. The van der Waals surface area contributed by atoms with Gasteiger partial charge in [-0.3, -0.25) is 9.59 Å². The molecule has 2 aliphatic carbocycles. The third-order valence-corrected chi connectivity index (χ3v) is 4.07. The van der Waals surface area contributed by atoms with E-state index < -0.39 is 30.4 Å². The summed E-state index contributed by atoms with van der Waals surface area (Å²) in [5.41, 5.74) is 1.62. The van der Waals surface area contributed by atoms with Crippen molar-refractivity contribution in [3.63, 3.8) is 0 Å². The summed E-state index contributed by atoms with van der Waals surface area (Å²) in [7, 11) is 1.51. The quantitative estimate of drug-likeness (QED) is 0.591. The fourth-order valence-corrected chi connectivity index (χ4v) is 3.00. The molecule has 9 heteroatoms. The average Bonchev–Trinajstić information content (AvgIpc) is 2.94. The fraction of sp³-hybridized carbons (Fsp3) is 0.467. The average molecular weight is 337 g/mol. The first-order valence-corrected chi connectivity index (χ1v) is 7.49. The molecule has 9 nitrogen and oxygen atoms in total. The molecule has 0 radical (unpaired) electrons. The van der Waals surface area contributed by atoms with Crippen molar-refractivity contribution in [2.45, 2.75) is 25.3 Å². The fourth-order valence-electron chi connectivity index (χ4n) is 3.00. The standard InChI is InChI=1S/C15H19N3O6/c1-16-14(22)17-9-3-5-10-8(6-9)2-4-11(10)13(21)18(15(23)24)7-12(19)20/h5-6,9,11H,2-4,7H2,1H3,(H,19,20)(H,23,24)(H2,16,17,22). The Bertz CT molecular complexity index is 639. The first-order valence-electron chi connectivity index (χ1n) is 7.49. The number of allylic oxidation sites excluding steroid dienone is 1. The highest BCUT2D eigenvalue weighted by atomic mass is 16.4. The summed E-state index contributed by atoms with van der Waals surface area (Å²) in [5, 5.41) is 23.1.